The van der Waals surface area contributed by atoms with Gasteiger partial charge in [-0.05, 0) is 23.1 Å². The molecule has 0 fully saturated rings. The van der Waals surface area contributed by atoms with Gasteiger partial charge in [0.25, 0.3) is 0 Å². The smallest absolute Gasteiger partial charge is 0.128 e. The number of hydrogen-bond acceptors (Lipinski definition) is 2. The Hall–Kier alpha value is -0.540. The molecular weight excluding hydrogens is 199 g/mol. The summed E-state index contributed by atoms with van der Waals surface area (Å²) in [6.45, 7) is 5.98. The van der Waals surface area contributed by atoms with E-state index >= 15 is 0 Å². The first-order chi connectivity index (χ1) is 6.45. The highest BCUT2D eigenvalue weighted by atomic mass is 32.2. The zero-order valence-electron chi connectivity index (χ0n) is 8.93. The minimum absolute atomic E-state index is 0.152. The molecule has 0 aromatic heterocycles. The van der Waals surface area contributed by atoms with Gasteiger partial charge in [0.1, 0.15) is 5.82 Å². The van der Waals surface area contributed by atoms with E-state index in [1.807, 2.05) is 32.9 Å². The van der Waals surface area contributed by atoms with Gasteiger partial charge in [0.15, 0.2) is 0 Å². The van der Waals surface area contributed by atoms with Gasteiger partial charge in [0.05, 0.1) is 7.11 Å². The highest BCUT2D eigenvalue weighted by Crippen LogP contribution is 2.28. The van der Waals surface area contributed by atoms with Crippen LogP contribution in [0.1, 0.15) is 26.3 Å². The summed E-state index contributed by atoms with van der Waals surface area (Å²) in [4.78, 5) is 0.790. The van der Waals surface area contributed by atoms with Crippen molar-refractivity contribution >= 4 is 12.0 Å². The van der Waals surface area contributed by atoms with Crippen LogP contribution < -0.4 is 0 Å². The molecular formula is C11H15FOS. The quantitative estimate of drug-likeness (QED) is 0.693. The van der Waals surface area contributed by atoms with Crippen molar-refractivity contribution in [3.05, 3.63) is 29.6 Å². The third-order valence-corrected chi connectivity index (χ3v) is 2.54. The summed E-state index contributed by atoms with van der Waals surface area (Å²) in [7, 11) is 1.57. The summed E-state index contributed by atoms with van der Waals surface area (Å²) in [6.07, 6.45) is 0. The largest absolute Gasteiger partial charge is 0.314 e. The van der Waals surface area contributed by atoms with Crippen LogP contribution in [0.3, 0.4) is 0 Å². The highest BCUT2D eigenvalue weighted by Gasteiger charge is 2.18. The number of halogens is 1. The van der Waals surface area contributed by atoms with Crippen molar-refractivity contribution < 1.29 is 8.57 Å². The minimum Gasteiger partial charge on any atom is -0.314 e. The third-order valence-electron chi connectivity index (χ3n) is 1.93. The van der Waals surface area contributed by atoms with Crippen LogP contribution in [0.5, 0.6) is 0 Å². The van der Waals surface area contributed by atoms with Crippen LogP contribution in [-0.2, 0) is 9.60 Å². The molecule has 0 aliphatic heterocycles. The lowest BCUT2D eigenvalue weighted by atomic mass is 9.87. The van der Waals surface area contributed by atoms with Crippen LogP contribution in [0.25, 0.3) is 0 Å². The molecule has 0 saturated heterocycles. The van der Waals surface area contributed by atoms with Gasteiger partial charge >= 0.3 is 0 Å². The maximum atomic E-state index is 13.6. The van der Waals surface area contributed by atoms with E-state index in [2.05, 4.69) is 0 Å². The Bertz CT molecular complexity index is 318. The number of benzene rings is 1. The standard InChI is InChI=1S/C11H15FOS/c1-11(2,3)9-6-5-8(14-13-4)7-10(9)12/h5-7H,1-4H3. The van der Waals surface area contributed by atoms with E-state index in [0.29, 0.717) is 0 Å². The van der Waals surface area contributed by atoms with E-state index in [1.54, 1.807) is 7.11 Å². The van der Waals surface area contributed by atoms with Crippen molar-refractivity contribution in [1.29, 1.82) is 0 Å². The second-order valence-corrected chi connectivity index (χ2v) is 5.11. The predicted molar refractivity (Wildman–Crippen MR) is 58.0 cm³/mol. The van der Waals surface area contributed by atoms with Crippen molar-refractivity contribution in [2.24, 2.45) is 0 Å². The van der Waals surface area contributed by atoms with Gasteiger partial charge < -0.3 is 4.18 Å². The van der Waals surface area contributed by atoms with Crippen LogP contribution in [0.15, 0.2) is 23.1 Å². The van der Waals surface area contributed by atoms with E-state index in [4.69, 9.17) is 4.18 Å². The van der Waals surface area contributed by atoms with Gasteiger partial charge in [-0.2, -0.15) is 0 Å². The predicted octanol–water partition coefficient (Wildman–Crippen LogP) is 3.78. The van der Waals surface area contributed by atoms with E-state index in [9.17, 15) is 4.39 Å². The van der Waals surface area contributed by atoms with Gasteiger partial charge in [0, 0.05) is 16.9 Å². The average Bonchev–Trinajstić information content (AvgIpc) is 2.02. The first-order valence-electron chi connectivity index (χ1n) is 4.46. The van der Waals surface area contributed by atoms with E-state index < -0.39 is 0 Å². The Balaban J connectivity index is 3.02. The lowest BCUT2D eigenvalue weighted by molar-refractivity contribution is 0.488. The molecule has 14 heavy (non-hydrogen) atoms. The fourth-order valence-corrected chi connectivity index (χ4v) is 1.72. The van der Waals surface area contributed by atoms with E-state index in [-0.39, 0.29) is 11.2 Å². The molecule has 0 radical (unpaired) electrons. The second kappa shape index (κ2) is 4.32. The molecule has 0 saturated carbocycles. The molecule has 0 atom stereocenters. The summed E-state index contributed by atoms with van der Waals surface area (Å²) in [5.74, 6) is -0.167. The normalized spacial score (nSPS) is 11.8. The Morgan fingerprint density at radius 3 is 2.36 bits per heavy atom. The zero-order chi connectivity index (χ0) is 10.8. The molecule has 1 aromatic rings. The molecule has 78 valence electrons. The monoisotopic (exact) mass is 214 g/mol. The van der Waals surface area contributed by atoms with Crippen LogP contribution in [0.2, 0.25) is 0 Å². The van der Waals surface area contributed by atoms with Crippen molar-refractivity contribution in [1.82, 2.24) is 0 Å². The highest BCUT2D eigenvalue weighted by molar-refractivity contribution is 7.94. The van der Waals surface area contributed by atoms with Crippen LogP contribution in [0.4, 0.5) is 4.39 Å². The Morgan fingerprint density at radius 2 is 1.93 bits per heavy atom. The van der Waals surface area contributed by atoms with Crippen molar-refractivity contribution in [2.45, 2.75) is 31.1 Å². The molecule has 0 bridgehead atoms. The summed E-state index contributed by atoms with van der Waals surface area (Å²) in [6, 6.07) is 5.20. The van der Waals surface area contributed by atoms with Gasteiger partial charge in [-0.15, -0.1) is 0 Å². The Morgan fingerprint density at radius 1 is 1.29 bits per heavy atom. The molecule has 1 rings (SSSR count). The van der Waals surface area contributed by atoms with Gasteiger partial charge in [-0.25, -0.2) is 4.39 Å². The van der Waals surface area contributed by atoms with E-state index in [1.165, 1.54) is 18.1 Å². The van der Waals surface area contributed by atoms with Crippen molar-refractivity contribution in [3.8, 4) is 0 Å². The van der Waals surface area contributed by atoms with Crippen LogP contribution in [0, 0.1) is 5.82 Å². The Kier molecular flexibility index (Phi) is 3.56. The molecule has 0 spiro atoms. The summed E-state index contributed by atoms with van der Waals surface area (Å²) in [5, 5.41) is 0. The molecule has 0 amide bonds. The lowest BCUT2D eigenvalue weighted by Gasteiger charge is -2.19. The van der Waals surface area contributed by atoms with Crippen LogP contribution in [-0.4, -0.2) is 7.11 Å². The van der Waals surface area contributed by atoms with Gasteiger partial charge in [-0.3, -0.25) is 0 Å². The summed E-state index contributed by atoms with van der Waals surface area (Å²) in [5.41, 5.74) is 0.582. The summed E-state index contributed by atoms with van der Waals surface area (Å²) < 4.78 is 18.5. The first kappa shape index (κ1) is 11.5. The molecule has 0 unspecified atom stereocenters. The van der Waals surface area contributed by atoms with Gasteiger partial charge in [0.2, 0.25) is 0 Å². The second-order valence-electron chi connectivity index (χ2n) is 4.14. The third kappa shape index (κ3) is 2.72. The van der Waals surface area contributed by atoms with Crippen molar-refractivity contribution in [2.75, 3.05) is 7.11 Å². The van der Waals surface area contributed by atoms with Crippen LogP contribution >= 0.6 is 12.0 Å². The molecule has 0 aliphatic rings. The minimum atomic E-state index is -0.167. The topological polar surface area (TPSA) is 9.23 Å². The molecule has 1 aromatic carbocycles. The molecule has 0 N–H and O–H groups in total. The number of hydrogen-bond donors (Lipinski definition) is 0. The van der Waals surface area contributed by atoms with Gasteiger partial charge in [-0.1, -0.05) is 26.8 Å². The zero-order valence-corrected chi connectivity index (χ0v) is 9.74. The fourth-order valence-electron chi connectivity index (χ4n) is 1.25. The fraction of sp³-hybridized carbons (Fsp3) is 0.455. The number of rotatable bonds is 2. The molecule has 1 nitrogen and oxygen atoms in total. The van der Waals surface area contributed by atoms with E-state index in [0.717, 1.165) is 10.5 Å². The first-order valence-corrected chi connectivity index (χ1v) is 5.20. The molecule has 0 aliphatic carbocycles. The average molecular weight is 214 g/mol. The van der Waals surface area contributed by atoms with Crippen molar-refractivity contribution in [3.63, 3.8) is 0 Å². The lowest BCUT2D eigenvalue weighted by Crippen LogP contribution is -2.13. The SMILES string of the molecule is COSc1ccc(C(C)(C)C)c(F)c1. The maximum absolute atomic E-state index is 13.6. The molecule has 0 heterocycles. The Labute approximate surface area is 88.9 Å². The maximum Gasteiger partial charge on any atom is 0.128 e. The molecule has 3 heteroatoms. The summed E-state index contributed by atoms with van der Waals surface area (Å²) >= 11 is 1.17.